The SMILES string of the molecule is COc1ccc(/C=C2\SC(=S)N(CCCCCC(=O)Nc3ncc(Cc4cccc(C(F)(F)F)c4)s3)C2=O)cc1OC. The number of amides is 2. The molecule has 4 rings (SSSR count). The van der Waals surface area contributed by atoms with E-state index in [1.165, 1.54) is 29.2 Å². The Balaban J connectivity index is 1.19. The molecule has 0 unspecified atom stereocenters. The van der Waals surface area contributed by atoms with Crippen molar-refractivity contribution in [2.75, 3.05) is 26.1 Å². The van der Waals surface area contributed by atoms with Crippen LogP contribution in [-0.2, 0) is 22.2 Å². The van der Waals surface area contributed by atoms with Crippen LogP contribution in [0, 0.1) is 0 Å². The van der Waals surface area contributed by atoms with Gasteiger partial charge >= 0.3 is 6.18 Å². The quantitative estimate of drug-likeness (QED) is 0.128. The number of thiocarbonyl (C=S) groups is 1. The summed E-state index contributed by atoms with van der Waals surface area (Å²) in [6, 6.07) is 10.6. The normalized spacial score (nSPS) is 14.5. The van der Waals surface area contributed by atoms with Crippen molar-refractivity contribution in [1.29, 1.82) is 0 Å². The lowest BCUT2D eigenvalue weighted by atomic mass is 10.1. The Morgan fingerprint density at radius 1 is 1.10 bits per heavy atom. The third kappa shape index (κ3) is 8.33. The molecule has 1 N–H and O–H groups in total. The first-order valence-corrected chi connectivity index (χ1v) is 15.0. The Morgan fingerprint density at radius 2 is 1.88 bits per heavy atom. The van der Waals surface area contributed by atoms with Crippen molar-refractivity contribution in [3.63, 3.8) is 0 Å². The number of unbranched alkanes of at least 4 members (excludes halogenated alkanes) is 2. The zero-order valence-corrected chi connectivity index (χ0v) is 25.3. The van der Waals surface area contributed by atoms with Crippen molar-refractivity contribution < 1.29 is 32.2 Å². The smallest absolute Gasteiger partial charge is 0.416 e. The van der Waals surface area contributed by atoms with Crippen LogP contribution in [-0.4, -0.2) is 46.8 Å². The van der Waals surface area contributed by atoms with Gasteiger partial charge in [0.05, 0.1) is 24.7 Å². The topological polar surface area (TPSA) is 80.8 Å². The molecule has 1 fully saturated rings. The number of alkyl halides is 3. The largest absolute Gasteiger partial charge is 0.493 e. The number of aromatic nitrogens is 1. The van der Waals surface area contributed by atoms with Crippen LogP contribution in [0.5, 0.6) is 11.5 Å². The van der Waals surface area contributed by atoms with Crippen molar-refractivity contribution in [3.8, 4) is 11.5 Å². The van der Waals surface area contributed by atoms with Gasteiger partial charge in [0.25, 0.3) is 5.91 Å². The molecule has 0 radical (unpaired) electrons. The molecule has 1 aliphatic rings. The second kappa shape index (κ2) is 14.2. The number of carbonyl (C=O) groups excluding carboxylic acids is 2. The minimum Gasteiger partial charge on any atom is -0.493 e. The summed E-state index contributed by atoms with van der Waals surface area (Å²) >= 11 is 7.90. The summed E-state index contributed by atoms with van der Waals surface area (Å²) in [7, 11) is 3.11. The van der Waals surface area contributed by atoms with E-state index in [2.05, 4.69) is 10.3 Å². The summed E-state index contributed by atoms with van der Waals surface area (Å²) < 4.78 is 49.9. The molecule has 3 aromatic rings. The zero-order valence-electron chi connectivity index (χ0n) is 22.8. The fourth-order valence-corrected chi connectivity index (χ4v) is 6.38. The average molecular weight is 636 g/mol. The second-order valence-corrected chi connectivity index (χ2v) is 12.1. The van der Waals surface area contributed by atoms with Crippen LogP contribution >= 0.6 is 35.3 Å². The molecule has 7 nitrogen and oxygen atoms in total. The Kier molecular flexibility index (Phi) is 10.6. The minimum absolute atomic E-state index is 0.151. The highest BCUT2D eigenvalue weighted by molar-refractivity contribution is 8.26. The molecule has 1 saturated heterocycles. The first-order valence-electron chi connectivity index (χ1n) is 13.0. The Labute approximate surface area is 255 Å². The van der Waals surface area contributed by atoms with Crippen LogP contribution < -0.4 is 14.8 Å². The highest BCUT2D eigenvalue weighted by Crippen LogP contribution is 2.35. The van der Waals surface area contributed by atoms with E-state index in [1.54, 1.807) is 49.6 Å². The number of thioether (sulfide) groups is 1. The van der Waals surface area contributed by atoms with E-state index in [-0.39, 0.29) is 24.7 Å². The van der Waals surface area contributed by atoms with Crippen LogP contribution in [0.3, 0.4) is 0 Å². The van der Waals surface area contributed by atoms with E-state index < -0.39 is 11.7 Å². The molecule has 2 aromatic carbocycles. The van der Waals surface area contributed by atoms with E-state index >= 15 is 0 Å². The summed E-state index contributed by atoms with van der Waals surface area (Å²) in [5, 5.41) is 3.15. The number of halogens is 3. The molecule has 0 spiro atoms. The van der Waals surface area contributed by atoms with Gasteiger partial charge in [0.15, 0.2) is 16.6 Å². The Hall–Kier alpha value is -3.42. The zero-order chi connectivity index (χ0) is 30.3. The summed E-state index contributed by atoms with van der Waals surface area (Å²) in [6.45, 7) is 0.459. The molecular weight excluding hydrogens is 608 g/mol. The molecule has 13 heteroatoms. The van der Waals surface area contributed by atoms with E-state index in [0.717, 1.165) is 29.0 Å². The summed E-state index contributed by atoms with van der Waals surface area (Å²) in [6.07, 6.45) is 1.52. The minimum atomic E-state index is -4.40. The molecule has 1 aromatic heterocycles. The van der Waals surface area contributed by atoms with Gasteiger partial charge in [0, 0.05) is 30.5 Å². The highest BCUT2D eigenvalue weighted by Gasteiger charge is 2.32. The van der Waals surface area contributed by atoms with Gasteiger partial charge in [-0.1, -0.05) is 54.7 Å². The molecule has 0 bridgehead atoms. The Morgan fingerprint density at radius 3 is 2.62 bits per heavy atom. The predicted octanol–water partition coefficient (Wildman–Crippen LogP) is 7.17. The highest BCUT2D eigenvalue weighted by atomic mass is 32.2. The van der Waals surface area contributed by atoms with Gasteiger partial charge in [-0.25, -0.2) is 4.98 Å². The number of hydrogen-bond acceptors (Lipinski definition) is 8. The van der Waals surface area contributed by atoms with E-state index in [9.17, 15) is 22.8 Å². The lowest BCUT2D eigenvalue weighted by Crippen LogP contribution is -2.29. The number of benzene rings is 2. The molecule has 42 heavy (non-hydrogen) atoms. The average Bonchev–Trinajstić information content (AvgIpc) is 3.50. The molecule has 2 heterocycles. The maximum Gasteiger partial charge on any atom is 0.416 e. The fourth-order valence-electron chi connectivity index (χ4n) is 4.21. The van der Waals surface area contributed by atoms with Crippen LogP contribution in [0.15, 0.2) is 53.6 Å². The van der Waals surface area contributed by atoms with Crippen molar-refractivity contribution in [3.05, 3.63) is 75.1 Å². The van der Waals surface area contributed by atoms with Gasteiger partial charge < -0.3 is 14.8 Å². The van der Waals surface area contributed by atoms with E-state index in [1.807, 2.05) is 6.07 Å². The van der Waals surface area contributed by atoms with Crippen LogP contribution in [0.1, 0.15) is 47.3 Å². The summed E-state index contributed by atoms with van der Waals surface area (Å²) in [5.41, 5.74) is 0.616. The number of carbonyl (C=O) groups is 2. The van der Waals surface area contributed by atoms with Gasteiger partial charge in [-0.3, -0.25) is 14.5 Å². The number of thiazole rings is 1. The van der Waals surface area contributed by atoms with Crippen molar-refractivity contribution in [2.24, 2.45) is 0 Å². The third-order valence-corrected chi connectivity index (χ3v) is 8.59. The first kappa shape index (κ1) is 31.5. The van der Waals surface area contributed by atoms with Crippen molar-refractivity contribution >= 4 is 62.7 Å². The third-order valence-electron chi connectivity index (χ3n) is 6.30. The number of anilines is 1. The monoisotopic (exact) mass is 635 g/mol. The lowest BCUT2D eigenvalue weighted by molar-refractivity contribution is -0.137. The van der Waals surface area contributed by atoms with Gasteiger partial charge in [-0.15, -0.1) is 11.3 Å². The number of nitrogens with one attached hydrogen (secondary N) is 1. The second-order valence-electron chi connectivity index (χ2n) is 9.31. The fraction of sp³-hybridized carbons (Fsp3) is 0.310. The maximum absolute atomic E-state index is 13.0. The van der Waals surface area contributed by atoms with E-state index in [4.69, 9.17) is 21.7 Å². The first-order chi connectivity index (χ1) is 20.1. The number of nitrogens with zero attached hydrogens (tertiary/aromatic N) is 2. The van der Waals surface area contributed by atoms with Crippen LogP contribution in [0.2, 0.25) is 0 Å². The van der Waals surface area contributed by atoms with Gasteiger partial charge in [0.1, 0.15) is 4.32 Å². The standard InChI is InChI=1S/C29H28F3N3O4S3/c1-38-22-11-10-19(15-23(22)39-2)16-24-26(37)35(28(40)42-24)12-5-3-4-9-25(36)34-27-33-17-21(41-27)14-18-7-6-8-20(13-18)29(30,31)32/h6-8,10-11,13,15-17H,3-5,9,12,14H2,1-2H3,(H,33,34,36)/b24-16-. The molecule has 0 aliphatic carbocycles. The lowest BCUT2D eigenvalue weighted by Gasteiger charge is -2.14. The number of rotatable bonds is 12. The van der Waals surface area contributed by atoms with Gasteiger partial charge in [-0.2, -0.15) is 13.2 Å². The molecule has 2 amide bonds. The molecule has 222 valence electrons. The van der Waals surface area contributed by atoms with Gasteiger partial charge in [-0.05, 0) is 48.2 Å². The molecule has 0 saturated carbocycles. The number of hydrogen-bond donors (Lipinski definition) is 1. The number of ether oxygens (including phenoxy) is 2. The van der Waals surface area contributed by atoms with Crippen LogP contribution in [0.25, 0.3) is 6.08 Å². The van der Waals surface area contributed by atoms with Crippen molar-refractivity contribution in [2.45, 2.75) is 38.3 Å². The Bertz CT molecular complexity index is 1490. The predicted molar refractivity (Wildman–Crippen MR) is 163 cm³/mol. The van der Waals surface area contributed by atoms with Crippen molar-refractivity contribution in [1.82, 2.24) is 9.88 Å². The van der Waals surface area contributed by atoms with E-state index in [0.29, 0.717) is 50.8 Å². The number of methoxy groups -OCH3 is 2. The molecular formula is C29H28F3N3O4S3. The maximum atomic E-state index is 13.0. The van der Waals surface area contributed by atoms with Crippen LogP contribution in [0.4, 0.5) is 18.3 Å². The summed E-state index contributed by atoms with van der Waals surface area (Å²) in [5.74, 6) is 0.818. The molecule has 1 aliphatic heterocycles. The molecule has 0 atom stereocenters. The summed E-state index contributed by atoms with van der Waals surface area (Å²) in [4.78, 5) is 32.3. The van der Waals surface area contributed by atoms with Gasteiger partial charge in [0.2, 0.25) is 5.91 Å².